The van der Waals surface area contributed by atoms with Crippen LogP contribution in [-0.2, 0) is 22.6 Å². The van der Waals surface area contributed by atoms with Crippen LogP contribution in [0, 0.1) is 13.8 Å². The summed E-state index contributed by atoms with van der Waals surface area (Å²) in [6, 6.07) is 15.6. The van der Waals surface area contributed by atoms with Gasteiger partial charge in [-0.2, -0.15) is 0 Å². The Morgan fingerprint density at radius 2 is 1.65 bits per heavy atom. The third-order valence-electron chi connectivity index (χ3n) is 3.63. The molecule has 0 aliphatic rings. The van der Waals surface area contributed by atoms with E-state index in [1.807, 2.05) is 56.3 Å². The van der Waals surface area contributed by atoms with Gasteiger partial charge in [0.25, 0.3) is 0 Å². The van der Waals surface area contributed by atoms with Crippen LogP contribution in [0.5, 0.6) is 0 Å². The number of carbonyl (C=O) groups is 2. The first-order valence-corrected chi connectivity index (χ1v) is 7.68. The Morgan fingerprint density at radius 1 is 0.913 bits per heavy atom. The summed E-state index contributed by atoms with van der Waals surface area (Å²) in [6.07, 6.45) is 0.283. The maximum Gasteiger partial charge on any atom is 0.239 e. The Hall–Kier alpha value is -2.62. The van der Waals surface area contributed by atoms with Gasteiger partial charge in [-0.1, -0.05) is 54.1 Å². The second-order valence-electron chi connectivity index (χ2n) is 5.65. The molecule has 2 aromatic rings. The van der Waals surface area contributed by atoms with E-state index in [9.17, 15) is 9.59 Å². The molecule has 0 fully saturated rings. The predicted octanol–water partition coefficient (Wildman–Crippen LogP) is 2.28. The van der Waals surface area contributed by atoms with E-state index in [-0.39, 0.29) is 24.8 Å². The summed E-state index contributed by atoms with van der Waals surface area (Å²) >= 11 is 0. The average molecular weight is 310 g/mol. The van der Waals surface area contributed by atoms with Crippen LogP contribution >= 0.6 is 0 Å². The number of nitrogens with one attached hydrogen (secondary N) is 2. The minimum atomic E-state index is -0.189. The number of hydrogen-bond donors (Lipinski definition) is 2. The molecule has 0 spiro atoms. The molecule has 0 saturated heterocycles. The minimum absolute atomic E-state index is 0.00340. The van der Waals surface area contributed by atoms with Crippen LogP contribution < -0.4 is 10.6 Å². The van der Waals surface area contributed by atoms with Crippen molar-refractivity contribution < 1.29 is 9.59 Å². The van der Waals surface area contributed by atoms with E-state index < -0.39 is 0 Å². The molecule has 0 radical (unpaired) electrons. The van der Waals surface area contributed by atoms with Crippen LogP contribution in [0.25, 0.3) is 0 Å². The zero-order chi connectivity index (χ0) is 16.7. The molecule has 0 unspecified atom stereocenters. The van der Waals surface area contributed by atoms with Gasteiger partial charge in [0.2, 0.25) is 11.8 Å². The van der Waals surface area contributed by atoms with Gasteiger partial charge >= 0.3 is 0 Å². The Kier molecular flexibility index (Phi) is 5.92. The molecule has 120 valence electrons. The monoisotopic (exact) mass is 310 g/mol. The normalized spacial score (nSPS) is 10.2. The zero-order valence-corrected chi connectivity index (χ0v) is 13.6. The van der Waals surface area contributed by atoms with Gasteiger partial charge < -0.3 is 10.6 Å². The van der Waals surface area contributed by atoms with E-state index in [0.717, 1.165) is 16.7 Å². The molecule has 0 heterocycles. The number of carbonyl (C=O) groups excluding carboxylic acids is 2. The lowest BCUT2D eigenvalue weighted by atomic mass is 10.1. The summed E-state index contributed by atoms with van der Waals surface area (Å²) in [5.41, 5.74) is 4.37. The molecule has 23 heavy (non-hydrogen) atoms. The average Bonchev–Trinajstić information content (AvgIpc) is 2.53. The molecule has 0 atom stereocenters. The second kappa shape index (κ2) is 8.13. The van der Waals surface area contributed by atoms with E-state index in [2.05, 4.69) is 16.7 Å². The first kappa shape index (κ1) is 16.7. The van der Waals surface area contributed by atoms with E-state index >= 15 is 0 Å². The lowest BCUT2D eigenvalue weighted by Gasteiger charge is -2.09. The highest BCUT2D eigenvalue weighted by Gasteiger charge is 2.07. The van der Waals surface area contributed by atoms with Crippen molar-refractivity contribution in [1.82, 2.24) is 10.6 Å². The van der Waals surface area contributed by atoms with Gasteiger partial charge in [-0.15, -0.1) is 0 Å². The van der Waals surface area contributed by atoms with Crippen LogP contribution in [0.3, 0.4) is 0 Å². The highest BCUT2D eigenvalue weighted by Crippen LogP contribution is 2.09. The molecule has 0 aliphatic heterocycles. The van der Waals surface area contributed by atoms with Gasteiger partial charge in [0.1, 0.15) is 0 Å². The topological polar surface area (TPSA) is 58.2 Å². The van der Waals surface area contributed by atoms with Crippen molar-refractivity contribution in [3.8, 4) is 0 Å². The maximum absolute atomic E-state index is 11.8. The molecule has 2 N–H and O–H groups in total. The van der Waals surface area contributed by atoms with Gasteiger partial charge in [0.05, 0.1) is 13.0 Å². The molecule has 4 nitrogen and oxygen atoms in total. The van der Waals surface area contributed by atoms with Crippen molar-refractivity contribution in [2.45, 2.75) is 26.8 Å². The number of amides is 2. The lowest BCUT2D eigenvalue weighted by molar-refractivity contribution is -0.125. The first-order chi connectivity index (χ1) is 11.0. The Labute approximate surface area is 136 Å². The van der Waals surface area contributed by atoms with Crippen molar-refractivity contribution in [2.75, 3.05) is 6.54 Å². The highest BCUT2D eigenvalue weighted by molar-refractivity contribution is 5.85. The van der Waals surface area contributed by atoms with Crippen molar-refractivity contribution in [1.29, 1.82) is 0 Å². The van der Waals surface area contributed by atoms with Crippen LogP contribution in [0.2, 0.25) is 0 Å². The van der Waals surface area contributed by atoms with Crippen LogP contribution in [0.15, 0.2) is 48.5 Å². The van der Waals surface area contributed by atoms with E-state index in [1.165, 1.54) is 5.56 Å². The van der Waals surface area contributed by atoms with Gasteiger partial charge in [-0.05, 0) is 30.5 Å². The number of benzene rings is 2. The molecular weight excluding hydrogens is 288 g/mol. The molecule has 4 heteroatoms. The summed E-state index contributed by atoms with van der Waals surface area (Å²) in [5.74, 6) is -0.343. The molecule has 0 aromatic heterocycles. The summed E-state index contributed by atoms with van der Waals surface area (Å²) in [5, 5.41) is 5.46. The number of aryl methyl sites for hydroxylation is 2. The Balaban J connectivity index is 1.73. The molecule has 0 saturated carbocycles. The fourth-order valence-corrected chi connectivity index (χ4v) is 2.32. The largest absolute Gasteiger partial charge is 0.350 e. The smallest absolute Gasteiger partial charge is 0.239 e. The van der Waals surface area contributed by atoms with Gasteiger partial charge in [-0.25, -0.2) is 0 Å². The molecule has 2 amide bonds. The third kappa shape index (κ3) is 5.58. The van der Waals surface area contributed by atoms with Crippen LogP contribution in [-0.4, -0.2) is 18.4 Å². The summed E-state index contributed by atoms with van der Waals surface area (Å²) in [6.45, 7) is 4.53. The number of hydrogen-bond acceptors (Lipinski definition) is 2. The number of rotatable bonds is 6. The molecule has 0 aliphatic carbocycles. The lowest BCUT2D eigenvalue weighted by Crippen LogP contribution is -2.37. The fraction of sp³-hybridized carbons (Fsp3) is 0.263. The first-order valence-electron chi connectivity index (χ1n) is 7.68. The van der Waals surface area contributed by atoms with Crippen LogP contribution in [0.1, 0.15) is 22.3 Å². The summed E-state index contributed by atoms with van der Waals surface area (Å²) in [4.78, 5) is 23.6. The fourth-order valence-electron chi connectivity index (χ4n) is 2.32. The predicted molar refractivity (Wildman–Crippen MR) is 90.9 cm³/mol. The molecular formula is C19H22N2O2. The Morgan fingerprint density at radius 3 is 2.35 bits per heavy atom. The zero-order valence-electron chi connectivity index (χ0n) is 13.6. The maximum atomic E-state index is 11.8. The van der Waals surface area contributed by atoms with Crippen molar-refractivity contribution in [3.05, 3.63) is 70.8 Å². The highest BCUT2D eigenvalue weighted by atomic mass is 16.2. The van der Waals surface area contributed by atoms with Crippen molar-refractivity contribution in [3.63, 3.8) is 0 Å². The standard InChI is InChI=1S/C19H22N2O2/c1-14-8-9-17(15(2)10-14)12-20-19(23)13-21-18(22)11-16-6-4-3-5-7-16/h3-10H,11-13H2,1-2H3,(H,20,23)(H,21,22). The SMILES string of the molecule is Cc1ccc(CNC(=O)CNC(=O)Cc2ccccc2)c(C)c1. The van der Waals surface area contributed by atoms with Gasteiger partial charge in [0, 0.05) is 6.54 Å². The van der Waals surface area contributed by atoms with E-state index in [1.54, 1.807) is 0 Å². The summed E-state index contributed by atoms with van der Waals surface area (Å²) in [7, 11) is 0. The Bertz CT molecular complexity index is 681. The molecule has 2 aromatic carbocycles. The quantitative estimate of drug-likeness (QED) is 0.860. The van der Waals surface area contributed by atoms with E-state index in [0.29, 0.717) is 6.54 Å². The van der Waals surface area contributed by atoms with Crippen LogP contribution in [0.4, 0.5) is 0 Å². The minimum Gasteiger partial charge on any atom is -0.350 e. The van der Waals surface area contributed by atoms with E-state index in [4.69, 9.17) is 0 Å². The molecule has 2 rings (SSSR count). The van der Waals surface area contributed by atoms with Crippen molar-refractivity contribution >= 4 is 11.8 Å². The van der Waals surface area contributed by atoms with Gasteiger partial charge in [0.15, 0.2) is 0 Å². The summed E-state index contributed by atoms with van der Waals surface area (Å²) < 4.78 is 0. The van der Waals surface area contributed by atoms with Gasteiger partial charge in [-0.3, -0.25) is 9.59 Å². The van der Waals surface area contributed by atoms with Crippen molar-refractivity contribution in [2.24, 2.45) is 0 Å². The molecule has 0 bridgehead atoms. The second-order valence-corrected chi connectivity index (χ2v) is 5.65. The third-order valence-corrected chi connectivity index (χ3v) is 3.63.